The minimum absolute atomic E-state index is 0.0413. The molecule has 4 fully saturated rings. The van der Waals surface area contributed by atoms with E-state index in [1.165, 1.54) is 16.7 Å². The summed E-state index contributed by atoms with van der Waals surface area (Å²) in [7, 11) is 4.01. The molecule has 1 aromatic carbocycles. The number of aromatic hydroxyl groups is 1. The number of hydrogen-bond acceptors (Lipinski definition) is 6. The molecule has 3 unspecified atom stereocenters. The molecule has 2 saturated carbocycles. The van der Waals surface area contributed by atoms with Crippen LogP contribution in [0.1, 0.15) is 51.0 Å². The minimum atomic E-state index is -0.746. The SMILES string of the molecule is CN(C)[C@H]1C[C@@]23CC[C@@]4(O2)C(=CC[C@]2(C)C(c5ccc6cnc(O)cc6c5)=CCC24)C2CC23[C@@H](O)[C@@H]1O. The van der Waals surface area contributed by atoms with E-state index in [9.17, 15) is 15.3 Å². The molecule has 1 aromatic heterocycles. The van der Waals surface area contributed by atoms with E-state index in [0.29, 0.717) is 11.8 Å². The summed E-state index contributed by atoms with van der Waals surface area (Å²) < 4.78 is 7.43. The number of aliphatic hydroxyl groups is 2. The van der Waals surface area contributed by atoms with Crippen molar-refractivity contribution in [2.24, 2.45) is 22.7 Å². The fourth-order valence-corrected chi connectivity index (χ4v) is 9.93. The molecule has 3 N–H and O–H groups in total. The summed E-state index contributed by atoms with van der Waals surface area (Å²) in [5.74, 6) is 0.728. The van der Waals surface area contributed by atoms with Gasteiger partial charge in [-0.3, -0.25) is 0 Å². The number of benzene rings is 1. The van der Waals surface area contributed by atoms with Crippen LogP contribution in [0.4, 0.5) is 0 Å². The zero-order valence-electron chi connectivity index (χ0n) is 21.8. The smallest absolute Gasteiger partial charge is 0.211 e. The highest BCUT2D eigenvalue weighted by Crippen LogP contribution is 2.81. The van der Waals surface area contributed by atoms with Crippen LogP contribution in [0.5, 0.6) is 5.88 Å². The molecular weight excluding hydrogens is 464 g/mol. The molecule has 6 heteroatoms. The van der Waals surface area contributed by atoms with Crippen molar-refractivity contribution in [3.05, 3.63) is 53.8 Å². The zero-order valence-corrected chi connectivity index (χ0v) is 21.8. The summed E-state index contributed by atoms with van der Waals surface area (Å²) in [6.45, 7) is 2.41. The van der Waals surface area contributed by atoms with Crippen LogP contribution >= 0.6 is 0 Å². The number of hydrogen-bond donors (Lipinski definition) is 3. The van der Waals surface area contributed by atoms with Gasteiger partial charge < -0.3 is 25.0 Å². The van der Waals surface area contributed by atoms with Crippen molar-refractivity contribution in [2.45, 2.75) is 74.9 Å². The van der Waals surface area contributed by atoms with E-state index in [1.807, 2.05) is 14.1 Å². The molecule has 9 atom stereocenters. The first-order chi connectivity index (χ1) is 17.7. The third-order valence-corrected chi connectivity index (χ3v) is 11.7. The third-order valence-electron chi connectivity index (χ3n) is 11.7. The van der Waals surface area contributed by atoms with Gasteiger partial charge in [0.1, 0.15) is 0 Å². The second-order valence-corrected chi connectivity index (χ2v) is 13.2. The Balaban J connectivity index is 1.21. The summed E-state index contributed by atoms with van der Waals surface area (Å²) in [5.41, 5.74) is 2.99. The number of nitrogens with zero attached hydrogens (tertiary/aromatic N) is 2. The predicted octanol–water partition coefficient (Wildman–Crippen LogP) is 4.04. The molecular formula is C31H36N2O4. The molecule has 37 heavy (non-hydrogen) atoms. The average Bonchev–Trinajstić information content (AvgIpc) is 3.40. The number of allylic oxidation sites excluding steroid dienone is 3. The molecule has 6 nitrogen and oxygen atoms in total. The van der Waals surface area contributed by atoms with Crippen molar-refractivity contribution in [3.8, 4) is 5.88 Å². The Morgan fingerprint density at radius 3 is 2.70 bits per heavy atom. The van der Waals surface area contributed by atoms with Gasteiger partial charge in [-0.25, -0.2) is 4.98 Å². The molecule has 2 saturated heterocycles. The van der Waals surface area contributed by atoms with Gasteiger partial charge in [-0.05, 0) is 86.7 Å². The van der Waals surface area contributed by atoms with Crippen molar-refractivity contribution in [1.29, 1.82) is 0 Å². The van der Waals surface area contributed by atoms with Gasteiger partial charge in [0, 0.05) is 40.4 Å². The topological polar surface area (TPSA) is 86.1 Å². The Hall–Kier alpha value is -2.25. The highest BCUT2D eigenvalue weighted by molar-refractivity contribution is 5.87. The van der Waals surface area contributed by atoms with Gasteiger partial charge in [0.15, 0.2) is 0 Å². The van der Waals surface area contributed by atoms with E-state index in [0.717, 1.165) is 49.3 Å². The third kappa shape index (κ3) is 2.50. The van der Waals surface area contributed by atoms with Crippen molar-refractivity contribution >= 4 is 16.3 Å². The lowest BCUT2D eigenvalue weighted by Gasteiger charge is -2.59. The number of rotatable bonds is 2. The van der Waals surface area contributed by atoms with E-state index in [-0.39, 0.29) is 34.0 Å². The number of aliphatic hydroxyl groups excluding tert-OH is 2. The maximum Gasteiger partial charge on any atom is 0.211 e. The monoisotopic (exact) mass is 500 g/mol. The van der Waals surface area contributed by atoms with E-state index in [4.69, 9.17) is 4.74 Å². The Kier molecular flexibility index (Phi) is 4.20. The summed E-state index contributed by atoms with van der Waals surface area (Å²) in [6.07, 6.45) is 10.8. The Morgan fingerprint density at radius 1 is 1.05 bits per heavy atom. The molecule has 8 rings (SSSR count). The Morgan fingerprint density at radius 2 is 1.89 bits per heavy atom. The standard InChI is InChI=1S/C31H36N2O4/c1-28-9-8-21-22-14-30(22)27(36)26(35)23(33(2)3)15-29(30)10-11-31(21,37-29)24(28)7-6-20(28)17-4-5-18-16-32-25(34)13-19(18)12-17/h4-6,8,12-13,16,22-24,26-27,35-36H,7,9-11,14-15H2,1-3H3,(H,32,34)/t22?,23-,24?,26+,27-,28+,29+,30?,31+/m0/s1. The van der Waals surface area contributed by atoms with Crippen molar-refractivity contribution in [1.82, 2.24) is 9.88 Å². The molecule has 2 aromatic rings. The minimum Gasteiger partial charge on any atom is -0.493 e. The normalized spacial score (nSPS) is 47.1. The molecule has 2 bridgehead atoms. The molecule has 0 radical (unpaired) electrons. The van der Waals surface area contributed by atoms with Crippen LogP contribution in [0.15, 0.2) is 48.2 Å². The zero-order chi connectivity index (χ0) is 25.5. The van der Waals surface area contributed by atoms with Gasteiger partial charge in [0.25, 0.3) is 0 Å². The highest BCUT2D eigenvalue weighted by Gasteiger charge is 2.84. The lowest BCUT2D eigenvalue weighted by Crippen LogP contribution is -2.67. The lowest BCUT2D eigenvalue weighted by molar-refractivity contribution is -0.248. The van der Waals surface area contributed by atoms with Crippen LogP contribution in [0.25, 0.3) is 16.3 Å². The number of fused-ring (bicyclic) bond motifs is 3. The first kappa shape index (κ1) is 22.7. The fraction of sp³-hybridized carbons (Fsp3) is 0.581. The van der Waals surface area contributed by atoms with Gasteiger partial charge in [0.05, 0.1) is 23.4 Å². The maximum atomic E-state index is 11.5. The van der Waals surface area contributed by atoms with E-state index >= 15 is 0 Å². The first-order valence-corrected chi connectivity index (χ1v) is 13.9. The van der Waals surface area contributed by atoms with Crippen molar-refractivity contribution < 1.29 is 20.1 Å². The molecule has 0 amide bonds. The largest absolute Gasteiger partial charge is 0.493 e. The second kappa shape index (κ2) is 6.84. The Bertz CT molecular complexity index is 1420. The molecule has 6 aliphatic rings. The second-order valence-electron chi connectivity index (χ2n) is 13.2. The van der Waals surface area contributed by atoms with Crippen LogP contribution in [-0.4, -0.2) is 68.8 Å². The molecule has 3 heterocycles. The number of likely N-dealkylation sites (N-methyl/N-ethyl adjacent to an activating group) is 1. The maximum absolute atomic E-state index is 11.5. The van der Waals surface area contributed by atoms with Gasteiger partial charge in [-0.1, -0.05) is 31.2 Å². The van der Waals surface area contributed by atoms with E-state index in [1.54, 1.807) is 12.3 Å². The quantitative estimate of drug-likeness (QED) is 0.540. The number of ether oxygens (including phenoxy) is 1. The molecule has 4 aliphatic carbocycles. The highest BCUT2D eigenvalue weighted by atomic mass is 16.5. The van der Waals surface area contributed by atoms with Crippen LogP contribution in [0, 0.1) is 22.7 Å². The van der Waals surface area contributed by atoms with Crippen LogP contribution in [0.3, 0.4) is 0 Å². The van der Waals surface area contributed by atoms with Crippen molar-refractivity contribution in [3.63, 3.8) is 0 Å². The summed E-state index contributed by atoms with van der Waals surface area (Å²) in [6, 6.07) is 8.14. The van der Waals surface area contributed by atoms with Gasteiger partial charge in [-0.15, -0.1) is 0 Å². The summed E-state index contributed by atoms with van der Waals surface area (Å²) >= 11 is 0. The van der Waals surface area contributed by atoms with Crippen LogP contribution in [0.2, 0.25) is 0 Å². The first-order valence-electron chi connectivity index (χ1n) is 13.9. The fourth-order valence-electron chi connectivity index (χ4n) is 9.93. The molecule has 194 valence electrons. The van der Waals surface area contributed by atoms with Crippen LogP contribution in [-0.2, 0) is 4.74 Å². The van der Waals surface area contributed by atoms with Gasteiger partial charge >= 0.3 is 0 Å². The Labute approximate surface area is 217 Å². The summed E-state index contributed by atoms with van der Waals surface area (Å²) in [5, 5.41) is 34.6. The number of pyridine rings is 1. The van der Waals surface area contributed by atoms with Crippen LogP contribution < -0.4 is 0 Å². The lowest BCUT2D eigenvalue weighted by atomic mass is 9.57. The van der Waals surface area contributed by atoms with E-state index in [2.05, 4.69) is 47.2 Å². The van der Waals surface area contributed by atoms with Gasteiger partial charge in [-0.2, -0.15) is 0 Å². The van der Waals surface area contributed by atoms with Gasteiger partial charge in [0.2, 0.25) is 5.88 Å². The van der Waals surface area contributed by atoms with E-state index < -0.39 is 12.2 Å². The predicted molar refractivity (Wildman–Crippen MR) is 141 cm³/mol. The summed E-state index contributed by atoms with van der Waals surface area (Å²) in [4.78, 5) is 6.10. The van der Waals surface area contributed by atoms with Crippen molar-refractivity contribution in [2.75, 3.05) is 14.1 Å². The average molecular weight is 501 g/mol. The molecule has 3 spiro atoms. The molecule has 2 aliphatic heterocycles. The number of aromatic nitrogens is 1.